The summed E-state index contributed by atoms with van der Waals surface area (Å²) in [4.78, 5) is 18.2. The van der Waals surface area contributed by atoms with Gasteiger partial charge in [0.05, 0.1) is 18.2 Å². The Morgan fingerprint density at radius 3 is 3.08 bits per heavy atom. The van der Waals surface area contributed by atoms with Gasteiger partial charge >= 0.3 is 6.03 Å². The Kier molecular flexibility index (Phi) is 4.62. The molecule has 1 N–H and O–H groups in total. The molecule has 2 heterocycles. The molecule has 6 heteroatoms. The first-order chi connectivity index (χ1) is 11.6. The molecular formula is C18H18N4O2. The van der Waals surface area contributed by atoms with Gasteiger partial charge < -0.3 is 15.0 Å². The highest BCUT2D eigenvalue weighted by atomic mass is 16.5. The lowest BCUT2D eigenvalue weighted by molar-refractivity contribution is 0.190. The molecule has 1 aromatic carbocycles. The summed E-state index contributed by atoms with van der Waals surface area (Å²) in [7, 11) is 0. The van der Waals surface area contributed by atoms with Gasteiger partial charge in [0, 0.05) is 30.9 Å². The van der Waals surface area contributed by atoms with Gasteiger partial charge in [-0.05, 0) is 30.7 Å². The van der Waals surface area contributed by atoms with Crippen LogP contribution in [0.1, 0.15) is 17.5 Å². The number of carbonyl (C=O) groups is 1. The third-order valence-corrected chi connectivity index (χ3v) is 3.85. The molecule has 122 valence electrons. The van der Waals surface area contributed by atoms with Gasteiger partial charge in [0.1, 0.15) is 6.10 Å². The number of aryl methyl sites for hydroxylation is 1. The number of nitrogens with zero attached hydrogens (tertiary/aromatic N) is 3. The summed E-state index contributed by atoms with van der Waals surface area (Å²) >= 11 is 0. The first kappa shape index (κ1) is 15.8. The first-order valence-corrected chi connectivity index (χ1v) is 7.79. The van der Waals surface area contributed by atoms with Crippen molar-refractivity contribution < 1.29 is 9.53 Å². The van der Waals surface area contributed by atoms with Crippen LogP contribution in [0.3, 0.4) is 0 Å². The van der Waals surface area contributed by atoms with E-state index in [0.29, 0.717) is 24.5 Å². The number of nitrogens with one attached hydrogen (secondary N) is 1. The molecule has 0 spiro atoms. The van der Waals surface area contributed by atoms with Gasteiger partial charge in [-0.1, -0.05) is 12.1 Å². The number of hydrogen-bond acceptors (Lipinski definition) is 4. The monoisotopic (exact) mass is 322 g/mol. The molecule has 6 nitrogen and oxygen atoms in total. The first-order valence-electron chi connectivity index (χ1n) is 7.79. The third-order valence-electron chi connectivity index (χ3n) is 3.85. The second kappa shape index (κ2) is 7.01. The molecule has 1 atom stereocenters. The summed E-state index contributed by atoms with van der Waals surface area (Å²) in [5.41, 5.74) is 2.39. The highest BCUT2D eigenvalue weighted by Crippen LogP contribution is 2.18. The minimum absolute atomic E-state index is 0.116. The maximum Gasteiger partial charge on any atom is 0.321 e. The number of urea groups is 1. The maximum absolute atomic E-state index is 12.3. The third kappa shape index (κ3) is 3.82. The fraction of sp³-hybridized carbons (Fsp3) is 0.278. The molecule has 1 aliphatic rings. The van der Waals surface area contributed by atoms with Crippen molar-refractivity contribution in [3.8, 4) is 11.9 Å². The molecule has 1 saturated heterocycles. The van der Waals surface area contributed by atoms with Crippen molar-refractivity contribution in [3.05, 3.63) is 53.7 Å². The maximum atomic E-state index is 12.3. The predicted molar refractivity (Wildman–Crippen MR) is 89.8 cm³/mol. The average Bonchev–Trinajstić information content (AvgIpc) is 3.04. The summed E-state index contributed by atoms with van der Waals surface area (Å²) in [5.74, 6) is 0.417. The molecule has 0 aliphatic carbocycles. The van der Waals surface area contributed by atoms with Crippen LogP contribution in [-0.2, 0) is 0 Å². The lowest BCUT2D eigenvalue weighted by Crippen LogP contribution is -2.34. The van der Waals surface area contributed by atoms with Crippen LogP contribution in [0.15, 0.2) is 42.6 Å². The lowest BCUT2D eigenvalue weighted by atomic mass is 10.2. The number of pyridine rings is 1. The molecule has 2 aromatic rings. The van der Waals surface area contributed by atoms with Crippen molar-refractivity contribution in [2.75, 3.05) is 18.4 Å². The fourth-order valence-electron chi connectivity index (χ4n) is 2.65. The summed E-state index contributed by atoms with van der Waals surface area (Å²) in [6.45, 7) is 3.11. The van der Waals surface area contributed by atoms with Crippen LogP contribution in [0.2, 0.25) is 0 Å². The minimum Gasteiger partial charge on any atom is -0.472 e. The number of nitriles is 1. The van der Waals surface area contributed by atoms with Crippen LogP contribution in [0.4, 0.5) is 10.5 Å². The van der Waals surface area contributed by atoms with Crippen molar-refractivity contribution in [1.29, 1.82) is 5.26 Å². The van der Waals surface area contributed by atoms with Gasteiger partial charge in [0.15, 0.2) is 0 Å². The normalized spacial score (nSPS) is 16.5. The van der Waals surface area contributed by atoms with Gasteiger partial charge in [-0.2, -0.15) is 5.26 Å². The number of likely N-dealkylation sites (tertiary alicyclic amines) is 1. The van der Waals surface area contributed by atoms with E-state index < -0.39 is 0 Å². The number of hydrogen-bond donors (Lipinski definition) is 1. The van der Waals surface area contributed by atoms with E-state index in [9.17, 15) is 4.79 Å². The van der Waals surface area contributed by atoms with E-state index in [1.807, 2.05) is 31.2 Å². The Labute approximate surface area is 140 Å². The van der Waals surface area contributed by atoms with Crippen molar-refractivity contribution in [2.24, 2.45) is 0 Å². The number of benzene rings is 1. The van der Waals surface area contributed by atoms with Gasteiger partial charge in [0.25, 0.3) is 0 Å². The second-order valence-electron chi connectivity index (χ2n) is 5.77. The quantitative estimate of drug-likeness (QED) is 0.942. The molecule has 2 amide bonds. The molecule has 1 unspecified atom stereocenters. The van der Waals surface area contributed by atoms with E-state index in [1.54, 1.807) is 23.2 Å². The second-order valence-corrected chi connectivity index (χ2v) is 5.77. The number of aromatic nitrogens is 1. The predicted octanol–water partition coefficient (Wildman–Crippen LogP) is 2.95. The van der Waals surface area contributed by atoms with Crippen molar-refractivity contribution >= 4 is 11.7 Å². The molecule has 24 heavy (non-hydrogen) atoms. The summed E-state index contributed by atoms with van der Waals surface area (Å²) in [6.07, 6.45) is 2.17. The van der Waals surface area contributed by atoms with E-state index in [1.165, 1.54) is 0 Å². The molecule has 1 aromatic heterocycles. The SMILES string of the molecule is Cc1cccc(NC(=O)N2CCC(Oc3cc(C#N)ccn3)C2)c1. The van der Waals surface area contributed by atoms with Gasteiger partial charge in [-0.3, -0.25) is 0 Å². The molecular weight excluding hydrogens is 304 g/mol. The average molecular weight is 322 g/mol. The van der Waals surface area contributed by atoms with Crippen LogP contribution in [0.5, 0.6) is 5.88 Å². The van der Waals surface area contributed by atoms with E-state index in [2.05, 4.69) is 16.4 Å². The van der Waals surface area contributed by atoms with Crippen LogP contribution in [0, 0.1) is 18.3 Å². The van der Waals surface area contributed by atoms with Crippen molar-refractivity contribution in [1.82, 2.24) is 9.88 Å². The number of ether oxygens (including phenoxy) is 1. The topological polar surface area (TPSA) is 78.3 Å². The Morgan fingerprint density at radius 1 is 1.42 bits per heavy atom. The Balaban J connectivity index is 1.56. The molecule has 3 rings (SSSR count). The van der Waals surface area contributed by atoms with E-state index in [4.69, 9.17) is 10.00 Å². The van der Waals surface area contributed by atoms with Crippen LogP contribution in [0.25, 0.3) is 0 Å². The summed E-state index contributed by atoms with van der Waals surface area (Å²) < 4.78 is 5.78. The lowest BCUT2D eigenvalue weighted by Gasteiger charge is -2.18. The minimum atomic E-state index is -0.134. The number of anilines is 1. The van der Waals surface area contributed by atoms with Gasteiger partial charge in [-0.25, -0.2) is 9.78 Å². The van der Waals surface area contributed by atoms with Gasteiger partial charge in [0.2, 0.25) is 5.88 Å². The standard InChI is InChI=1S/C18H18N4O2/c1-13-3-2-4-15(9-13)21-18(23)22-8-6-16(12-22)24-17-10-14(11-19)5-7-20-17/h2-5,7,9-10,16H,6,8,12H2,1H3,(H,21,23). The zero-order valence-corrected chi connectivity index (χ0v) is 13.4. The zero-order valence-electron chi connectivity index (χ0n) is 13.4. The van der Waals surface area contributed by atoms with Crippen molar-refractivity contribution in [2.45, 2.75) is 19.4 Å². The molecule has 0 saturated carbocycles. The fourth-order valence-corrected chi connectivity index (χ4v) is 2.65. The van der Waals surface area contributed by atoms with Crippen molar-refractivity contribution in [3.63, 3.8) is 0 Å². The number of carbonyl (C=O) groups excluding carboxylic acids is 1. The van der Waals surface area contributed by atoms with E-state index in [0.717, 1.165) is 17.7 Å². The highest BCUT2D eigenvalue weighted by molar-refractivity contribution is 5.89. The summed E-state index contributed by atoms with van der Waals surface area (Å²) in [5, 5.41) is 11.8. The Morgan fingerprint density at radius 2 is 2.29 bits per heavy atom. The largest absolute Gasteiger partial charge is 0.472 e. The molecule has 0 bridgehead atoms. The Bertz CT molecular complexity index is 785. The van der Waals surface area contributed by atoms with Crippen LogP contribution < -0.4 is 10.1 Å². The highest BCUT2D eigenvalue weighted by Gasteiger charge is 2.28. The van der Waals surface area contributed by atoms with Crippen LogP contribution >= 0.6 is 0 Å². The summed E-state index contributed by atoms with van der Waals surface area (Å²) in [6, 6.07) is 12.8. The van der Waals surface area contributed by atoms with E-state index in [-0.39, 0.29) is 12.1 Å². The van der Waals surface area contributed by atoms with Crippen LogP contribution in [-0.4, -0.2) is 35.1 Å². The number of amides is 2. The molecule has 1 aliphatic heterocycles. The van der Waals surface area contributed by atoms with Gasteiger partial charge in [-0.15, -0.1) is 0 Å². The smallest absolute Gasteiger partial charge is 0.321 e. The van der Waals surface area contributed by atoms with E-state index >= 15 is 0 Å². The number of rotatable bonds is 3. The zero-order chi connectivity index (χ0) is 16.9. The molecule has 0 radical (unpaired) electrons. The molecule has 1 fully saturated rings. The Hall–Kier alpha value is -3.07.